The van der Waals surface area contributed by atoms with Gasteiger partial charge in [0.25, 0.3) is 0 Å². The number of unbranched alkanes of at least 4 members (excludes halogenated alkanes) is 1. The third-order valence-corrected chi connectivity index (χ3v) is 5.17. The fourth-order valence-corrected chi connectivity index (χ4v) is 3.10. The minimum Gasteiger partial charge on any atom is -0.508 e. The summed E-state index contributed by atoms with van der Waals surface area (Å²) in [5.41, 5.74) is 11.7. The van der Waals surface area contributed by atoms with Gasteiger partial charge in [0.1, 0.15) is 23.9 Å². The number of amides is 3. The number of carboxylic acids is 1. The van der Waals surface area contributed by atoms with E-state index in [4.69, 9.17) is 11.5 Å². The Balaban J connectivity index is 2.82. The normalized spacial score (nSPS) is 15.2. The number of aliphatic carboxylic acids is 1. The van der Waals surface area contributed by atoms with E-state index in [2.05, 4.69) is 16.0 Å². The zero-order valence-corrected chi connectivity index (χ0v) is 19.5. The molecule has 0 aromatic heterocycles. The van der Waals surface area contributed by atoms with E-state index in [1.165, 1.54) is 31.2 Å². The van der Waals surface area contributed by atoms with Crippen LogP contribution in [0.4, 0.5) is 0 Å². The summed E-state index contributed by atoms with van der Waals surface area (Å²) in [6.45, 7) is 0.844. The van der Waals surface area contributed by atoms with Gasteiger partial charge in [-0.15, -0.1) is 0 Å². The van der Waals surface area contributed by atoms with Crippen LogP contribution >= 0.6 is 0 Å². The lowest BCUT2D eigenvalue weighted by molar-refractivity contribution is -0.143. The third kappa shape index (κ3) is 10.3. The Hall–Kier alpha value is -3.26. The summed E-state index contributed by atoms with van der Waals surface area (Å²) < 4.78 is 0. The van der Waals surface area contributed by atoms with E-state index in [1.54, 1.807) is 0 Å². The van der Waals surface area contributed by atoms with E-state index in [-0.39, 0.29) is 12.2 Å². The predicted octanol–water partition coefficient (Wildman–Crippen LogP) is -2.70. The Bertz CT molecular complexity index is 849. The highest BCUT2D eigenvalue weighted by molar-refractivity contribution is 5.94. The van der Waals surface area contributed by atoms with E-state index in [9.17, 15) is 39.6 Å². The van der Waals surface area contributed by atoms with Crippen LogP contribution in [-0.4, -0.2) is 87.5 Å². The monoisotopic (exact) mass is 497 g/mol. The van der Waals surface area contributed by atoms with Crippen LogP contribution in [0.25, 0.3) is 0 Å². The average Bonchev–Trinajstić information content (AvgIpc) is 2.81. The number of phenols is 1. The first-order chi connectivity index (χ1) is 16.5. The molecule has 0 saturated heterocycles. The zero-order chi connectivity index (χ0) is 26.5. The highest BCUT2D eigenvalue weighted by Gasteiger charge is 2.32. The Labute approximate surface area is 202 Å². The van der Waals surface area contributed by atoms with Crippen LogP contribution in [-0.2, 0) is 25.6 Å². The molecule has 0 spiro atoms. The van der Waals surface area contributed by atoms with Crippen molar-refractivity contribution in [2.75, 3.05) is 13.2 Å². The number of aromatic hydroxyl groups is 1. The molecule has 1 rings (SSSR count). The molecule has 196 valence electrons. The topological polar surface area (TPSA) is 237 Å². The second kappa shape index (κ2) is 14.9. The molecule has 5 atom stereocenters. The first kappa shape index (κ1) is 29.8. The van der Waals surface area contributed by atoms with E-state index in [0.717, 1.165) is 0 Å². The van der Waals surface area contributed by atoms with Crippen molar-refractivity contribution in [3.05, 3.63) is 29.8 Å². The second-order valence-corrected chi connectivity index (χ2v) is 8.13. The summed E-state index contributed by atoms with van der Waals surface area (Å²) in [5.74, 6) is -4.01. The first-order valence-electron chi connectivity index (χ1n) is 11.2. The van der Waals surface area contributed by atoms with Gasteiger partial charge in [0.2, 0.25) is 17.7 Å². The third-order valence-electron chi connectivity index (χ3n) is 5.17. The van der Waals surface area contributed by atoms with E-state index >= 15 is 0 Å². The molecular formula is C22H35N5O8. The number of phenolic OH excluding ortho intramolecular Hbond substituents is 1. The molecular weight excluding hydrogens is 462 g/mol. The largest absolute Gasteiger partial charge is 0.508 e. The highest BCUT2D eigenvalue weighted by atomic mass is 16.4. The summed E-state index contributed by atoms with van der Waals surface area (Å²) in [7, 11) is 0. The molecule has 13 heteroatoms. The molecule has 0 radical (unpaired) electrons. The van der Waals surface area contributed by atoms with E-state index < -0.39 is 60.6 Å². The van der Waals surface area contributed by atoms with Gasteiger partial charge in [0.15, 0.2) is 0 Å². The SMILES string of the molecule is CC(O)C(NC(=O)C(CO)NC(=O)C(N)CCCCN)C(=O)NC(Cc1ccc(O)cc1)C(=O)O. The van der Waals surface area contributed by atoms with E-state index in [0.29, 0.717) is 31.4 Å². The second-order valence-electron chi connectivity index (χ2n) is 8.13. The van der Waals surface area contributed by atoms with Gasteiger partial charge in [-0.1, -0.05) is 18.6 Å². The van der Waals surface area contributed by atoms with Crippen molar-refractivity contribution in [2.45, 2.75) is 62.9 Å². The van der Waals surface area contributed by atoms with Crippen LogP contribution in [0.3, 0.4) is 0 Å². The number of carboxylic acid groups (broad SMARTS) is 1. The first-order valence-corrected chi connectivity index (χ1v) is 11.2. The van der Waals surface area contributed by atoms with Gasteiger partial charge in [-0.05, 0) is 44.0 Å². The lowest BCUT2D eigenvalue weighted by Gasteiger charge is -2.26. The summed E-state index contributed by atoms with van der Waals surface area (Å²) in [4.78, 5) is 49.1. The maximum Gasteiger partial charge on any atom is 0.326 e. The Morgan fingerprint density at radius 2 is 1.54 bits per heavy atom. The van der Waals surface area contributed by atoms with Gasteiger partial charge >= 0.3 is 5.97 Å². The smallest absolute Gasteiger partial charge is 0.326 e. The van der Waals surface area contributed by atoms with Crippen LogP contribution in [0.15, 0.2) is 24.3 Å². The maximum atomic E-state index is 12.7. The van der Waals surface area contributed by atoms with Gasteiger partial charge in [0, 0.05) is 6.42 Å². The van der Waals surface area contributed by atoms with Crippen molar-refractivity contribution in [3.8, 4) is 5.75 Å². The molecule has 0 fully saturated rings. The summed E-state index contributed by atoms with van der Waals surface area (Å²) in [5, 5.41) is 45.2. The minimum atomic E-state index is -1.58. The van der Waals surface area contributed by atoms with Crippen molar-refractivity contribution in [2.24, 2.45) is 11.5 Å². The summed E-state index contributed by atoms with van der Waals surface area (Å²) in [6, 6.07) is 0.338. The number of rotatable bonds is 15. The average molecular weight is 498 g/mol. The molecule has 5 unspecified atom stereocenters. The molecule has 0 aliphatic rings. The lowest BCUT2D eigenvalue weighted by atomic mass is 10.0. The molecule has 0 aliphatic heterocycles. The van der Waals surface area contributed by atoms with Crippen LogP contribution in [0.1, 0.15) is 31.7 Å². The lowest BCUT2D eigenvalue weighted by Crippen LogP contribution is -2.60. The number of aliphatic hydroxyl groups excluding tert-OH is 2. The number of carbonyl (C=O) groups is 4. The molecule has 0 heterocycles. The van der Waals surface area contributed by atoms with Crippen molar-refractivity contribution in [1.29, 1.82) is 0 Å². The molecule has 0 saturated carbocycles. The Kier molecular flexibility index (Phi) is 12.7. The number of hydrogen-bond acceptors (Lipinski definition) is 9. The molecule has 35 heavy (non-hydrogen) atoms. The molecule has 0 bridgehead atoms. The quantitative estimate of drug-likeness (QED) is 0.114. The summed E-state index contributed by atoms with van der Waals surface area (Å²) >= 11 is 0. The number of hydrogen-bond donors (Lipinski definition) is 9. The fourth-order valence-electron chi connectivity index (χ4n) is 3.10. The standard InChI is InChI=1S/C22H35N5O8/c1-12(29)18(21(33)25-16(22(34)35)10-13-5-7-14(30)8-6-13)27-20(32)17(11-28)26-19(31)15(24)4-2-3-9-23/h5-8,12,15-18,28-30H,2-4,9-11,23-24H2,1H3,(H,25,33)(H,26,31)(H,27,32)(H,34,35). The Morgan fingerprint density at radius 1 is 0.943 bits per heavy atom. The van der Waals surface area contributed by atoms with Gasteiger partial charge in [-0.25, -0.2) is 4.79 Å². The maximum absolute atomic E-state index is 12.7. The van der Waals surface area contributed by atoms with Crippen LogP contribution in [0.2, 0.25) is 0 Å². The van der Waals surface area contributed by atoms with Crippen molar-refractivity contribution in [3.63, 3.8) is 0 Å². The molecule has 1 aromatic carbocycles. The van der Waals surface area contributed by atoms with Gasteiger partial charge in [-0.2, -0.15) is 0 Å². The molecule has 11 N–H and O–H groups in total. The molecule has 0 aliphatic carbocycles. The minimum absolute atomic E-state index is 0.0106. The Morgan fingerprint density at radius 3 is 2.06 bits per heavy atom. The van der Waals surface area contributed by atoms with Crippen LogP contribution < -0.4 is 27.4 Å². The van der Waals surface area contributed by atoms with Gasteiger partial charge in [-0.3, -0.25) is 14.4 Å². The van der Waals surface area contributed by atoms with Crippen molar-refractivity contribution >= 4 is 23.7 Å². The number of nitrogens with two attached hydrogens (primary N) is 2. The van der Waals surface area contributed by atoms with E-state index in [1.807, 2.05) is 0 Å². The highest BCUT2D eigenvalue weighted by Crippen LogP contribution is 2.12. The number of benzene rings is 1. The van der Waals surface area contributed by atoms with Gasteiger partial charge < -0.3 is 47.8 Å². The summed E-state index contributed by atoms with van der Waals surface area (Å²) in [6.07, 6.45) is 0.0224. The van der Waals surface area contributed by atoms with Crippen molar-refractivity contribution in [1.82, 2.24) is 16.0 Å². The van der Waals surface area contributed by atoms with Crippen LogP contribution in [0, 0.1) is 0 Å². The van der Waals surface area contributed by atoms with Crippen molar-refractivity contribution < 1.29 is 39.6 Å². The predicted molar refractivity (Wildman–Crippen MR) is 125 cm³/mol. The fraction of sp³-hybridized carbons (Fsp3) is 0.545. The van der Waals surface area contributed by atoms with Crippen LogP contribution in [0.5, 0.6) is 5.75 Å². The molecule has 13 nitrogen and oxygen atoms in total. The molecule has 1 aromatic rings. The van der Waals surface area contributed by atoms with Gasteiger partial charge in [0.05, 0.1) is 18.8 Å². The zero-order valence-electron chi connectivity index (χ0n) is 19.5. The number of carbonyl (C=O) groups excluding carboxylic acids is 3. The number of nitrogens with one attached hydrogen (secondary N) is 3. The molecule has 3 amide bonds. The number of aliphatic hydroxyl groups is 2.